The molecule has 2 nitrogen and oxygen atoms in total. The highest BCUT2D eigenvalue weighted by Crippen LogP contribution is 2.26. The van der Waals surface area contributed by atoms with Gasteiger partial charge in [-0.15, -0.1) is 0 Å². The highest BCUT2D eigenvalue weighted by Gasteiger charge is 2.28. The fourth-order valence-corrected chi connectivity index (χ4v) is 2.17. The first-order valence-corrected chi connectivity index (χ1v) is 7.92. The summed E-state index contributed by atoms with van der Waals surface area (Å²) in [5.74, 6) is 0.0873. The second-order valence-corrected chi connectivity index (χ2v) is 6.17. The first-order chi connectivity index (χ1) is 9.95. The molecule has 2 heteroatoms. The van der Waals surface area contributed by atoms with E-state index in [2.05, 4.69) is 13.8 Å². The Balaban J connectivity index is 2.50. The molecule has 0 radical (unpaired) electrons. The van der Waals surface area contributed by atoms with Crippen LogP contribution >= 0.6 is 0 Å². The molecule has 0 spiro atoms. The zero-order chi connectivity index (χ0) is 15.7. The third kappa shape index (κ3) is 6.61. The van der Waals surface area contributed by atoms with E-state index in [0.717, 1.165) is 12.0 Å². The molecule has 0 aromatic heterocycles. The lowest BCUT2D eigenvalue weighted by Crippen LogP contribution is -2.34. The molecule has 0 N–H and O–H groups in total. The van der Waals surface area contributed by atoms with Crippen molar-refractivity contribution in [2.24, 2.45) is 5.92 Å². The van der Waals surface area contributed by atoms with Crippen molar-refractivity contribution in [2.45, 2.75) is 59.0 Å². The van der Waals surface area contributed by atoms with Gasteiger partial charge in [-0.25, -0.2) is 4.79 Å². The fourth-order valence-electron chi connectivity index (χ4n) is 2.17. The average Bonchev–Trinajstić information content (AvgIpc) is 2.46. The Kier molecular flexibility index (Phi) is 7.21. The van der Waals surface area contributed by atoms with Gasteiger partial charge < -0.3 is 4.74 Å². The topological polar surface area (TPSA) is 26.3 Å². The van der Waals surface area contributed by atoms with Gasteiger partial charge in [0.2, 0.25) is 0 Å². The Hall–Kier alpha value is -1.57. The lowest BCUT2D eigenvalue weighted by Gasteiger charge is -2.31. The molecule has 21 heavy (non-hydrogen) atoms. The highest BCUT2D eigenvalue weighted by molar-refractivity contribution is 5.87. The average molecular weight is 288 g/mol. The summed E-state index contributed by atoms with van der Waals surface area (Å²) in [4.78, 5) is 12.0. The van der Waals surface area contributed by atoms with Crippen LogP contribution in [0.5, 0.6) is 0 Å². The molecule has 1 unspecified atom stereocenters. The van der Waals surface area contributed by atoms with Crippen LogP contribution in [0.25, 0.3) is 6.08 Å². The minimum Gasteiger partial charge on any atom is -0.456 e. The number of ether oxygens (including phenoxy) is 1. The van der Waals surface area contributed by atoms with Crippen molar-refractivity contribution in [2.75, 3.05) is 0 Å². The van der Waals surface area contributed by atoms with E-state index in [4.69, 9.17) is 4.74 Å². The summed E-state index contributed by atoms with van der Waals surface area (Å²) >= 11 is 0. The van der Waals surface area contributed by atoms with Gasteiger partial charge in [0.05, 0.1) is 0 Å². The van der Waals surface area contributed by atoms with E-state index in [1.165, 1.54) is 25.3 Å². The first kappa shape index (κ1) is 17.5. The smallest absolute Gasteiger partial charge is 0.331 e. The third-order valence-electron chi connectivity index (χ3n) is 4.00. The molecular formula is C19H28O2. The summed E-state index contributed by atoms with van der Waals surface area (Å²) in [6.45, 7) is 8.35. The maximum absolute atomic E-state index is 12.0. The molecule has 0 saturated carbocycles. The molecule has 0 aliphatic heterocycles. The second-order valence-electron chi connectivity index (χ2n) is 6.17. The van der Waals surface area contributed by atoms with Crippen LogP contribution in [0.4, 0.5) is 0 Å². The molecule has 1 rings (SSSR count). The number of rotatable bonds is 8. The quantitative estimate of drug-likeness (QED) is 0.371. The zero-order valence-corrected chi connectivity index (χ0v) is 13.8. The molecule has 0 saturated heterocycles. The van der Waals surface area contributed by atoms with Gasteiger partial charge in [0, 0.05) is 6.08 Å². The normalized spacial score (nSPS) is 13.3. The predicted molar refractivity (Wildman–Crippen MR) is 89.0 cm³/mol. The van der Waals surface area contributed by atoms with Crippen LogP contribution in [-0.4, -0.2) is 11.6 Å². The van der Waals surface area contributed by atoms with Crippen LogP contribution in [0, 0.1) is 5.92 Å². The molecule has 0 aliphatic carbocycles. The molecule has 0 fully saturated rings. The summed E-state index contributed by atoms with van der Waals surface area (Å²) in [6, 6.07) is 9.77. The number of hydrogen-bond donors (Lipinski definition) is 0. The van der Waals surface area contributed by atoms with Crippen LogP contribution in [-0.2, 0) is 9.53 Å². The van der Waals surface area contributed by atoms with Crippen LogP contribution in [0.3, 0.4) is 0 Å². The summed E-state index contributed by atoms with van der Waals surface area (Å²) in [6.07, 6.45) is 8.04. The van der Waals surface area contributed by atoms with E-state index < -0.39 is 5.60 Å². The molecule has 1 aromatic carbocycles. The van der Waals surface area contributed by atoms with Crippen molar-refractivity contribution >= 4 is 12.0 Å². The Morgan fingerprint density at radius 2 is 1.90 bits per heavy atom. The number of unbranched alkanes of at least 4 members (excludes halogenated alkanes) is 2. The Labute approximate surface area is 129 Å². The van der Waals surface area contributed by atoms with Crippen LogP contribution in [0.15, 0.2) is 36.4 Å². The fraction of sp³-hybridized carbons (Fsp3) is 0.526. The molecule has 116 valence electrons. The van der Waals surface area contributed by atoms with Gasteiger partial charge in [0.15, 0.2) is 0 Å². The Bertz CT molecular complexity index is 446. The Morgan fingerprint density at radius 3 is 2.52 bits per heavy atom. The first-order valence-electron chi connectivity index (χ1n) is 7.92. The lowest BCUT2D eigenvalue weighted by atomic mass is 9.88. The molecular weight excluding hydrogens is 260 g/mol. The van der Waals surface area contributed by atoms with Gasteiger partial charge in [-0.2, -0.15) is 0 Å². The standard InChI is InChI=1S/C19H28O2/c1-5-6-8-11-16(2)19(3,4)21-18(20)15-14-17-12-9-7-10-13-17/h7,9-10,12-16H,5-6,8,11H2,1-4H3/b15-14+. The van der Waals surface area contributed by atoms with E-state index in [9.17, 15) is 4.79 Å². The van der Waals surface area contributed by atoms with Crippen molar-refractivity contribution in [1.29, 1.82) is 0 Å². The molecule has 0 aliphatic rings. The maximum atomic E-state index is 12.0. The lowest BCUT2D eigenvalue weighted by molar-refractivity contribution is -0.155. The van der Waals surface area contributed by atoms with Gasteiger partial charge in [0.25, 0.3) is 0 Å². The highest BCUT2D eigenvalue weighted by atomic mass is 16.6. The van der Waals surface area contributed by atoms with Crippen molar-refractivity contribution in [3.8, 4) is 0 Å². The molecule has 1 aromatic rings. The zero-order valence-electron chi connectivity index (χ0n) is 13.8. The summed E-state index contributed by atoms with van der Waals surface area (Å²) in [5, 5.41) is 0. The largest absolute Gasteiger partial charge is 0.456 e. The van der Waals surface area contributed by atoms with E-state index in [1.807, 2.05) is 44.2 Å². The minimum atomic E-state index is -0.425. The van der Waals surface area contributed by atoms with Crippen molar-refractivity contribution < 1.29 is 9.53 Å². The molecule has 0 heterocycles. The second kappa shape index (κ2) is 8.66. The van der Waals surface area contributed by atoms with Crippen molar-refractivity contribution in [3.63, 3.8) is 0 Å². The molecule has 0 amide bonds. The van der Waals surface area contributed by atoms with E-state index in [-0.39, 0.29) is 5.97 Å². The van der Waals surface area contributed by atoms with Gasteiger partial charge >= 0.3 is 5.97 Å². The third-order valence-corrected chi connectivity index (χ3v) is 4.00. The summed E-state index contributed by atoms with van der Waals surface area (Å²) in [7, 11) is 0. The number of benzene rings is 1. The minimum absolute atomic E-state index is 0.272. The van der Waals surface area contributed by atoms with E-state index in [0.29, 0.717) is 5.92 Å². The van der Waals surface area contributed by atoms with Crippen molar-refractivity contribution in [3.05, 3.63) is 42.0 Å². The van der Waals surface area contributed by atoms with Gasteiger partial charge in [0.1, 0.15) is 5.60 Å². The molecule has 0 bridgehead atoms. The van der Waals surface area contributed by atoms with E-state index in [1.54, 1.807) is 6.08 Å². The SMILES string of the molecule is CCCCCC(C)C(C)(C)OC(=O)/C=C/c1ccccc1. The maximum Gasteiger partial charge on any atom is 0.331 e. The number of carbonyl (C=O) groups excluding carboxylic acids is 1. The van der Waals surface area contributed by atoms with Crippen LogP contribution < -0.4 is 0 Å². The summed E-state index contributed by atoms with van der Waals surface area (Å²) in [5.41, 5.74) is 0.578. The number of hydrogen-bond acceptors (Lipinski definition) is 2. The van der Waals surface area contributed by atoms with Crippen LogP contribution in [0.2, 0.25) is 0 Å². The van der Waals surface area contributed by atoms with Gasteiger partial charge in [-0.1, -0.05) is 63.4 Å². The monoisotopic (exact) mass is 288 g/mol. The Morgan fingerprint density at radius 1 is 1.24 bits per heavy atom. The number of esters is 1. The predicted octanol–water partition coefficient (Wildman–Crippen LogP) is 5.24. The van der Waals surface area contributed by atoms with E-state index >= 15 is 0 Å². The summed E-state index contributed by atoms with van der Waals surface area (Å²) < 4.78 is 5.63. The number of carbonyl (C=O) groups is 1. The van der Waals surface area contributed by atoms with Gasteiger partial charge in [-0.3, -0.25) is 0 Å². The molecule has 1 atom stereocenters. The van der Waals surface area contributed by atoms with Crippen LogP contribution in [0.1, 0.15) is 58.9 Å². The van der Waals surface area contributed by atoms with Gasteiger partial charge in [-0.05, 0) is 37.8 Å². The van der Waals surface area contributed by atoms with Crippen molar-refractivity contribution in [1.82, 2.24) is 0 Å².